The molecular weight excluding hydrogens is 458 g/mol. The highest BCUT2D eigenvalue weighted by molar-refractivity contribution is 5.15. The van der Waals surface area contributed by atoms with Gasteiger partial charge in [0, 0.05) is 5.41 Å². The van der Waals surface area contributed by atoms with Crippen LogP contribution in [0, 0.1) is 46.3 Å². The highest BCUT2D eigenvalue weighted by atomic mass is 16.5. The van der Waals surface area contributed by atoms with Crippen molar-refractivity contribution in [2.24, 2.45) is 52.1 Å². The molecule has 4 nitrogen and oxygen atoms in total. The molecule has 0 radical (unpaired) electrons. The van der Waals surface area contributed by atoms with E-state index in [0.29, 0.717) is 73.0 Å². The summed E-state index contributed by atoms with van der Waals surface area (Å²) in [4.78, 5) is 0. The van der Waals surface area contributed by atoms with Crippen LogP contribution >= 0.6 is 0 Å². The van der Waals surface area contributed by atoms with E-state index >= 15 is 0 Å². The lowest BCUT2D eigenvalue weighted by molar-refractivity contribution is -0.223. The number of ether oxygens (including phenoxy) is 3. The lowest BCUT2D eigenvalue weighted by atomic mass is 9.43. The van der Waals surface area contributed by atoms with Crippen molar-refractivity contribution in [1.82, 2.24) is 0 Å². The molecule has 37 heavy (non-hydrogen) atoms. The highest BCUT2D eigenvalue weighted by Crippen LogP contribution is 2.69. The topological polar surface area (TPSA) is 53.7 Å². The molecule has 210 valence electrons. The first kappa shape index (κ1) is 29.1. The van der Waals surface area contributed by atoms with E-state index in [4.69, 9.17) is 19.9 Å². The van der Waals surface area contributed by atoms with Crippen molar-refractivity contribution in [3.8, 4) is 0 Å². The number of hydrogen-bond donors (Lipinski definition) is 1. The molecule has 11 atom stereocenters. The van der Waals surface area contributed by atoms with Crippen LogP contribution in [0.15, 0.2) is 38.0 Å². The van der Waals surface area contributed by atoms with Crippen LogP contribution in [-0.2, 0) is 14.2 Å². The molecule has 0 aliphatic heterocycles. The number of hydrogen-bond acceptors (Lipinski definition) is 4. The number of nitrogens with two attached hydrogens (primary N) is 1. The molecule has 0 unspecified atom stereocenters. The second kappa shape index (κ2) is 12.5. The van der Waals surface area contributed by atoms with Gasteiger partial charge in [-0.05, 0) is 105 Å². The Labute approximate surface area is 227 Å². The molecule has 4 aliphatic carbocycles. The van der Waals surface area contributed by atoms with Crippen molar-refractivity contribution in [1.29, 1.82) is 0 Å². The van der Waals surface area contributed by atoms with Crippen LogP contribution in [-0.4, -0.2) is 44.7 Å². The molecule has 4 rings (SSSR count). The quantitative estimate of drug-likeness (QED) is 0.271. The van der Waals surface area contributed by atoms with Crippen LogP contribution in [0.25, 0.3) is 0 Å². The lowest BCUT2D eigenvalue weighted by Crippen LogP contribution is -2.63. The molecule has 0 heterocycles. The van der Waals surface area contributed by atoms with Gasteiger partial charge in [-0.1, -0.05) is 39.0 Å². The zero-order valence-electron chi connectivity index (χ0n) is 24.0. The molecule has 0 aromatic carbocycles. The summed E-state index contributed by atoms with van der Waals surface area (Å²) in [6.07, 6.45) is 17.4. The van der Waals surface area contributed by atoms with Gasteiger partial charge in [-0.25, -0.2) is 0 Å². The van der Waals surface area contributed by atoms with Gasteiger partial charge in [0.1, 0.15) is 0 Å². The summed E-state index contributed by atoms with van der Waals surface area (Å²) in [5, 5.41) is 0. The fourth-order valence-electron chi connectivity index (χ4n) is 9.86. The summed E-state index contributed by atoms with van der Waals surface area (Å²) in [6, 6.07) is 0. The van der Waals surface area contributed by atoms with E-state index in [1.807, 2.05) is 18.2 Å². The summed E-state index contributed by atoms with van der Waals surface area (Å²) in [6.45, 7) is 22.2. The zero-order chi connectivity index (χ0) is 26.6. The van der Waals surface area contributed by atoms with Crippen LogP contribution in [0.4, 0.5) is 0 Å². The third kappa shape index (κ3) is 5.42. The minimum atomic E-state index is 0.168. The minimum Gasteiger partial charge on any atom is -0.374 e. The molecule has 0 saturated heterocycles. The van der Waals surface area contributed by atoms with Gasteiger partial charge in [-0.3, -0.25) is 0 Å². The van der Waals surface area contributed by atoms with E-state index in [0.717, 1.165) is 38.6 Å². The SMILES string of the molecule is C=CCO[C@@H]1CC[C@@]2(C)[C@@H](C1)C[C@@H](OCC=C)[C@@H]1[C@@H]2C[C@H](OCC=C)[C@]2(C)[C@@H]([C@H](C)CCCN)CC[C@@H]12. The van der Waals surface area contributed by atoms with Gasteiger partial charge in [-0.15, -0.1) is 19.7 Å². The Morgan fingerprint density at radius 1 is 0.892 bits per heavy atom. The van der Waals surface area contributed by atoms with Crippen molar-refractivity contribution in [2.75, 3.05) is 26.4 Å². The molecule has 0 spiro atoms. The Balaban J connectivity index is 1.68. The smallest absolute Gasteiger partial charge is 0.0648 e. The number of rotatable bonds is 13. The Hall–Kier alpha value is -0.940. The van der Waals surface area contributed by atoms with Crippen molar-refractivity contribution in [2.45, 2.75) is 96.9 Å². The first-order valence-corrected chi connectivity index (χ1v) is 15.2. The van der Waals surface area contributed by atoms with Crippen LogP contribution in [0.3, 0.4) is 0 Å². The Kier molecular flexibility index (Phi) is 9.81. The van der Waals surface area contributed by atoms with Crippen molar-refractivity contribution in [3.05, 3.63) is 38.0 Å². The van der Waals surface area contributed by atoms with E-state index in [-0.39, 0.29) is 11.5 Å². The zero-order valence-corrected chi connectivity index (χ0v) is 24.0. The van der Waals surface area contributed by atoms with Gasteiger partial charge < -0.3 is 19.9 Å². The maximum atomic E-state index is 6.76. The lowest BCUT2D eigenvalue weighted by Gasteiger charge is -2.64. The second-order valence-electron chi connectivity index (χ2n) is 13.2. The van der Waals surface area contributed by atoms with Crippen LogP contribution in [0.1, 0.15) is 78.6 Å². The van der Waals surface area contributed by atoms with Crippen LogP contribution < -0.4 is 5.73 Å². The molecule has 2 N–H and O–H groups in total. The first-order chi connectivity index (χ1) is 17.8. The molecule has 0 aromatic heterocycles. The molecule has 4 aliphatic rings. The largest absolute Gasteiger partial charge is 0.374 e. The van der Waals surface area contributed by atoms with Gasteiger partial charge in [0.25, 0.3) is 0 Å². The van der Waals surface area contributed by atoms with Gasteiger partial charge in [0.15, 0.2) is 0 Å². The molecule has 0 amide bonds. The predicted molar refractivity (Wildman–Crippen MR) is 153 cm³/mol. The Morgan fingerprint density at radius 2 is 1.59 bits per heavy atom. The molecule has 4 fully saturated rings. The minimum absolute atomic E-state index is 0.168. The van der Waals surface area contributed by atoms with Gasteiger partial charge >= 0.3 is 0 Å². The van der Waals surface area contributed by atoms with Crippen molar-refractivity contribution >= 4 is 0 Å². The maximum absolute atomic E-state index is 6.76. The molecule has 0 bridgehead atoms. The average Bonchev–Trinajstić information content (AvgIpc) is 3.26. The van der Waals surface area contributed by atoms with Crippen LogP contribution in [0.2, 0.25) is 0 Å². The third-order valence-electron chi connectivity index (χ3n) is 11.6. The van der Waals surface area contributed by atoms with E-state index in [1.54, 1.807) is 0 Å². The van der Waals surface area contributed by atoms with Gasteiger partial charge in [0.05, 0.1) is 38.1 Å². The first-order valence-electron chi connectivity index (χ1n) is 15.2. The fourth-order valence-corrected chi connectivity index (χ4v) is 9.86. The van der Waals surface area contributed by atoms with Crippen molar-refractivity contribution < 1.29 is 14.2 Å². The molecule has 4 saturated carbocycles. The van der Waals surface area contributed by atoms with E-state index in [1.165, 1.54) is 25.7 Å². The summed E-state index contributed by atoms with van der Waals surface area (Å²) >= 11 is 0. The second-order valence-corrected chi connectivity index (χ2v) is 13.2. The Morgan fingerprint density at radius 3 is 2.30 bits per heavy atom. The maximum Gasteiger partial charge on any atom is 0.0648 e. The normalized spacial score (nSPS) is 43.8. The monoisotopic (exact) mass is 513 g/mol. The van der Waals surface area contributed by atoms with E-state index < -0.39 is 0 Å². The van der Waals surface area contributed by atoms with Gasteiger partial charge in [0.2, 0.25) is 0 Å². The average molecular weight is 514 g/mol. The third-order valence-corrected chi connectivity index (χ3v) is 11.6. The van der Waals surface area contributed by atoms with E-state index in [9.17, 15) is 0 Å². The standard InChI is InChI=1S/C33H55NO3/c1-7-17-35-25-14-15-32(5)24(20-25)21-29(36-18-8-2)31-27-13-12-26(23(4)11-10-16-34)33(27,6)30(22-28(31)32)37-19-9-3/h7-9,23-31H,1-3,10-22,34H2,4-6H3/t23-,24+,25-,26-,27+,28+,29-,30+,31+,32+,33-/m1/s1. The van der Waals surface area contributed by atoms with Gasteiger partial charge in [-0.2, -0.15) is 0 Å². The van der Waals surface area contributed by atoms with E-state index in [2.05, 4.69) is 40.5 Å². The fraction of sp³-hybridized carbons (Fsp3) is 0.818. The predicted octanol–water partition coefficient (Wildman–Crippen LogP) is 6.95. The molecule has 4 heteroatoms. The highest BCUT2D eigenvalue weighted by Gasteiger charge is 2.66. The Bertz CT molecular complexity index is 784. The summed E-state index contributed by atoms with van der Waals surface area (Å²) in [5.41, 5.74) is 6.41. The summed E-state index contributed by atoms with van der Waals surface area (Å²) in [7, 11) is 0. The van der Waals surface area contributed by atoms with Crippen LogP contribution in [0.5, 0.6) is 0 Å². The number of fused-ring (bicyclic) bond motifs is 5. The summed E-state index contributed by atoms with van der Waals surface area (Å²) in [5.74, 6) is 3.81. The van der Waals surface area contributed by atoms with Crippen molar-refractivity contribution in [3.63, 3.8) is 0 Å². The summed E-state index contributed by atoms with van der Waals surface area (Å²) < 4.78 is 19.6. The molecule has 0 aromatic rings. The molecular formula is C33H55NO3.